The molecule has 10 heteroatoms. The molecule has 0 aliphatic carbocycles. The first-order chi connectivity index (χ1) is 18.5. The second kappa shape index (κ2) is 13.8. The predicted octanol–water partition coefficient (Wildman–Crippen LogP) is 5.31. The molecule has 0 bridgehead atoms. The molecule has 3 aromatic carbocycles. The van der Waals surface area contributed by atoms with E-state index in [1.807, 2.05) is 74.5 Å². The molecule has 0 fully saturated rings. The highest BCUT2D eigenvalue weighted by molar-refractivity contribution is 7.92. The van der Waals surface area contributed by atoms with Crippen molar-refractivity contribution in [2.24, 2.45) is 0 Å². The first-order valence-electron chi connectivity index (χ1n) is 12.6. The molecule has 208 valence electrons. The lowest BCUT2D eigenvalue weighted by molar-refractivity contribution is -0.140. The Kier molecular flexibility index (Phi) is 10.8. The lowest BCUT2D eigenvalue weighted by Crippen LogP contribution is -2.54. The van der Waals surface area contributed by atoms with Crippen LogP contribution in [0.5, 0.6) is 0 Å². The Morgan fingerprint density at radius 2 is 1.51 bits per heavy atom. The van der Waals surface area contributed by atoms with Crippen LogP contribution in [0.1, 0.15) is 31.4 Å². The number of nitrogens with zero attached hydrogens (tertiary/aromatic N) is 2. The molecule has 0 saturated heterocycles. The predicted molar refractivity (Wildman–Crippen MR) is 157 cm³/mol. The van der Waals surface area contributed by atoms with Crippen molar-refractivity contribution in [2.75, 3.05) is 17.1 Å². The SMILES string of the molecule is CCC(C)NC(=O)C(Cc1ccccc1)N(Cc1ccccc1)C(=O)CN(c1cc(Cl)ccc1Cl)S(C)(=O)=O. The van der Waals surface area contributed by atoms with Crippen molar-refractivity contribution >= 4 is 50.7 Å². The van der Waals surface area contributed by atoms with Gasteiger partial charge in [0.05, 0.1) is 17.0 Å². The zero-order chi connectivity index (χ0) is 28.6. The molecule has 0 aliphatic rings. The average molecular weight is 591 g/mol. The highest BCUT2D eigenvalue weighted by atomic mass is 35.5. The van der Waals surface area contributed by atoms with Crippen molar-refractivity contribution < 1.29 is 18.0 Å². The number of nitrogens with one attached hydrogen (secondary N) is 1. The van der Waals surface area contributed by atoms with Crippen LogP contribution < -0.4 is 9.62 Å². The Labute approximate surface area is 240 Å². The molecule has 1 N–H and O–H groups in total. The van der Waals surface area contributed by atoms with E-state index in [9.17, 15) is 18.0 Å². The van der Waals surface area contributed by atoms with E-state index < -0.39 is 28.5 Å². The summed E-state index contributed by atoms with van der Waals surface area (Å²) < 4.78 is 26.7. The van der Waals surface area contributed by atoms with Gasteiger partial charge in [-0.25, -0.2) is 8.42 Å². The van der Waals surface area contributed by atoms with Crippen molar-refractivity contribution in [3.8, 4) is 0 Å². The molecule has 2 unspecified atom stereocenters. The molecule has 39 heavy (non-hydrogen) atoms. The molecule has 0 radical (unpaired) electrons. The number of carbonyl (C=O) groups is 2. The maximum absolute atomic E-state index is 14.0. The number of anilines is 1. The zero-order valence-electron chi connectivity index (χ0n) is 22.2. The van der Waals surface area contributed by atoms with Gasteiger partial charge in [0.1, 0.15) is 12.6 Å². The number of rotatable bonds is 12. The van der Waals surface area contributed by atoms with E-state index in [0.29, 0.717) is 6.42 Å². The standard InChI is InChI=1S/C29H33Cl2N3O4S/c1-4-21(2)32-29(36)27(17-22-11-7-5-8-12-22)33(19-23-13-9-6-10-14-23)28(35)20-34(39(3,37)38)26-18-24(30)15-16-25(26)31/h5-16,18,21,27H,4,17,19-20H2,1-3H3,(H,32,36). The molecule has 2 amide bonds. The number of halogens is 2. The summed E-state index contributed by atoms with van der Waals surface area (Å²) >= 11 is 12.5. The van der Waals surface area contributed by atoms with Gasteiger partial charge < -0.3 is 10.2 Å². The van der Waals surface area contributed by atoms with Crippen molar-refractivity contribution in [1.82, 2.24) is 10.2 Å². The molecule has 0 saturated carbocycles. The summed E-state index contributed by atoms with van der Waals surface area (Å²) in [6.45, 7) is 3.40. The van der Waals surface area contributed by atoms with Crippen molar-refractivity contribution in [3.05, 3.63) is 100 Å². The van der Waals surface area contributed by atoms with Crippen molar-refractivity contribution in [3.63, 3.8) is 0 Å². The fourth-order valence-electron chi connectivity index (χ4n) is 4.05. The molecular formula is C29H33Cl2N3O4S. The van der Waals surface area contributed by atoms with Crippen LogP contribution in [0.25, 0.3) is 0 Å². The largest absolute Gasteiger partial charge is 0.352 e. The molecule has 0 aliphatic heterocycles. The zero-order valence-corrected chi connectivity index (χ0v) is 24.5. The summed E-state index contributed by atoms with van der Waals surface area (Å²) in [5.74, 6) is -0.871. The van der Waals surface area contributed by atoms with Gasteiger partial charge in [-0.05, 0) is 42.7 Å². The first-order valence-corrected chi connectivity index (χ1v) is 15.2. The fraction of sp³-hybridized carbons (Fsp3) is 0.310. The lowest BCUT2D eigenvalue weighted by atomic mass is 10.0. The Hall–Kier alpha value is -3.07. The minimum atomic E-state index is -3.94. The van der Waals surface area contributed by atoms with Gasteiger partial charge in [0.25, 0.3) is 0 Å². The quantitative estimate of drug-likeness (QED) is 0.310. The summed E-state index contributed by atoms with van der Waals surface area (Å²) in [4.78, 5) is 29.1. The van der Waals surface area contributed by atoms with Gasteiger partial charge in [0, 0.05) is 24.0 Å². The van der Waals surface area contributed by atoms with E-state index in [-0.39, 0.29) is 40.6 Å². The van der Waals surface area contributed by atoms with Crippen molar-refractivity contribution in [2.45, 2.75) is 45.3 Å². The average Bonchev–Trinajstić information content (AvgIpc) is 2.91. The fourth-order valence-corrected chi connectivity index (χ4v) is 5.34. The summed E-state index contributed by atoms with van der Waals surface area (Å²) in [6.07, 6.45) is 1.96. The summed E-state index contributed by atoms with van der Waals surface area (Å²) in [6, 6.07) is 22.1. The van der Waals surface area contributed by atoms with E-state index in [4.69, 9.17) is 23.2 Å². The van der Waals surface area contributed by atoms with E-state index in [2.05, 4.69) is 5.32 Å². The number of benzene rings is 3. The van der Waals surface area contributed by atoms with Gasteiger partial charge in [-0.2, -0.15) is 0 Å². The van der Waals surface area contributed by atoms with Gasteiger partial charge >= 0.3 is 0 Å². The molecule has 7 nitrogen and oxygen atoms in total. The van der Waals surface area contributed by atoms with Crippen LogP contribution in [0.4, 0.5) is 5.69 Å². The Morgan fingerprint density at radius 1 is 0.923 bits per heavy atom. The highest BCUT2D eigenvalue weighted by Crippen LogP contribution is 2.31. The molecule has 2 atom stereocenters. The molecule has 3 aromatic rings. The molecule has 3 rings (SSSR count). The number of carbonyl (C=O) groups excluding carboxylic acids is 2. The number of amides is 2. The second-order valence-electron chi connectivity index (χ2n) is 9.40. The Bertz CT molecular complexity index is 1370. The smallest absolute Gasteiger partial charge is 0.244 e. The van der Waals surface area contributed by atoms with Crippen LogP contribution >= 0.6 is 23.2 Å². The van der Waals surface area contributed by atoms with Crippen LogP contribution in [0.15, 0.2) is 78.9 Å². The third-order valence-electron chi connectivity index (χ3n) is 6.32. The topological polar surface area (TPSA) is 86.8 Å². The Balaban J connectivity index is 2.06. The van der Waals surface area contributed by atoms with Crippen molar-refractivity contribution in [1.29, 1.82) is 0 Å². The van der Waals surface area contributed by atoms with Crippen LogP contribution in [-0.2, 0) is 32.6 Å². The minimum absolute atomic E-state index is 0.0864. The number of sulfonamides is 1. The van der Waals surface area contributed by atoms with E-state index >= 15 is 0 Å². The van der Waals surface area contributed by atoms with Gasteiger partial charge in [0.2, 0.25) is 21.8 Å². The normalized spacial score (nSPS) is 12.8. The third kappa shape index (κ3) is 8.71. The van der Waals surface area contributed by atoms with Gasteiger partial charge in [-0.1, -0.05) is 90.8 Å². The van der Waals surface area contributed by atoms with Crippen LogP contribution in [0.3, 0.4) is 0 Å². The van der Waals surface area contributed by atoms with Gasteiger partial charge in [-0.15, -0.1) is 0 Å². The molecular weight excluding hydrogens is 557 g/mol. The highest BCUT2D eigenvalue weighted by Gasteiger charge is 2.33. The van der Waals surface area contributed by atoms with E-state index in [0.717, 1.165) is 21.7 Å². The first kappa shape index (κ1) is 30.5. The van der Waals surface area contributed by atoms with E-state index in [1.54, 1.807) is 0 Å². The molecule has 0 heterocycles. The van der Waals surface area contributed by atoms with E-state index in [1.165, 1.54) is 23.1 Å². The summed E-state index contributed by atoms with van der Waals surface area (Å²) in [5, 5.41) is 3.40. The van der Waals surface area contributed by atoms with Crippen LogP contribution in [0, 0.1) is 0 Å². The second-order valence-corrected chi connectivity index (χ2v) is 12.1. The molecule has 0 aromatic heterocycles. The number of hydrogen-bond acceptors (Lipinski definition) is 4. The minimum Gasteiger partial charge on any atom is -0.352 e. The van der Waals surface area contributed by atoms with Crippen LogP contribution in [0.2, 0.25) is 10.0 Å². The van der Waals surface area contributed by atoms with Gasteiger partial charge in [0.15, 0.2) is 0 Å². The van der Waals surface area contributed by atoms with Crippen LogP contribution in [-0.4, -0.2) is 50.0 Å². The molecule has 0 spiro atoms. The summed E-state index contributed by atoms with van der Waals surface area (Å²) in [7, 11) is -3.94. The maximum atomic E-state index is 14.0. The summed E-state index contributed by atoms with van der Waals surface area (Å²) in [5.41, 5.74) is 1.75. The Morgan fingerprint density at radius 3 is 2.08 bits per heavy atom. The third-order valence-corrected chi connectivity index (χ3v) is 8.01. The lowest BCUT2D eigenvalue weighted by Gasteiger charge is -2.34. The van der Waals surface area contributed by atoms with Gasteiger partial charge in [-0.3, -0.25) is 13.9 Å². The maximum Gasteiger partial charge on any atom is 0.244 e. The monoisotopic (exact) mass is 589 g/mol. The number of hydrogen-bond donors (Lipinski definition) is 1.